The highest BCUT2D eigenvalue weighted by atomic mass is 16.2. The fourth-order valence-electron chi connectivity index (χ4n) is 3.21. The van der Waals surface area contributed by atoms with Gasteiger partial charge in [-0.3, -0.25) is 9.59 Å². The second kappa shape index (κ2) is 8.33. The zero-order valence-electron chi connectivity index (χ0n) is 16.7. The molecule has 0 saturated heterocycles. The van der Waals surface area contributed by atoms with Crippen LogP contribution in [-0.4, -0.2) is 20.9 Å². The highest BCUT2D eigenvalue weighted by Crippen LogP contribution is 2.24. The molecule has 3 aromatic rings. The van der Waals surface area contributed by atoms with E-state index in [2.05, 4.69) is 67.6 Å². The van der Waals surface area contributed by atoms with E-state index >= 15 is 0 Å². The van der Waals surface area contributed by atoms with E-state index in [9.17, 15) is 9.59 Å². The Morgan fingerprint density at radius 1 is 1.00 bits per heavy atom. The van der Waals surface area contributed by atoms with Gasteiger partial charge in [0, 0.05) is 0 Å². The molecule has 0 aliphatic rings. The second-order valence-electron chi connectivity index (χ2n) is 7.68. The number of hydrogen-bond donors (Lipinski definition) is 1. The smallest absolute Gasteiger partial charge is 0.278 e. The van der Waals surface area contributed by atoms with Crippen molar-refractivity contribution in [1.29, 1.82) is 0 Å². The molecule has 1 atom stereocenters. The van der Waals surface area contributed by atoms with Gasteiger partial charge in [-0.25, -0.2) is 4.68 Å². The molecule has 0 unspecified atom stereocenters. The molecular weight excluding hydrogens is 352 g/mol. The van der Waals surface area contributed by atoms with Crippen molar-refractivity contribution in [3.8, 4) is 0 Å². The van der Waals surface area contributed by atoms with Gasteiger partial charge >= 0.3 is 0 Å². The summed E-state index contributed by atoms with van der Waals surface area (Å²) in [5.41, 5.74) is 2.51. The second-order valence-corrected chi connectivity index (χ2v) is 7.68. The maximum atomic E-state index is 12.6. The maximum Gasteiger partial charge on any atom is 0.278 e. The number of benzene rings is 2. The third kappa shape index (κ3) is 4.27. The average molecular weight is 378 g/mol. The Labute approximate surface area is 164 Å². The molecule has 146 valence electrons. The largest absolute Gasteiger partial charge is 0.347 e. The van der Waals surface area contributed by atoms with E-state index in [0.717, 1.165) is 10.2 Å². The summed E-state index contributed by atoms with van der Waals surface area (Å²) in [4.78, 5) is 25.2. The average Bonchev–Trinajstić information content (AvgIpc) is 2.68. The first-order chi connectivity index (χ1) is 13.4. The number of nitrogens with zero attached hydrogens (tertiary/aromatic N) is 3. The van der Waals surface area contributed by atoms with Crippen LogP contribution >= 0.6 is 0 Å². The van der Waals surface area contributed by atoms with Gasteiger partial charge in [0.15, 0.2) is 0 Å². The van der Waals surface area contributed by atoms with Gasteiger partial charge in [0.1, 0.15) is 12.1 Å². The van der Waals surface area contributed by atoms with Crippen molar-refractivity contribution in [3.05, 3.63) is 70.0 Å². The van der Waals surface area contributed by atoms with Crippen molar-refractivity contribution in [2.24, 2.45) is 5.92 Å². The SMILES string of the molecule is CC(C)c1ccc([C@@H](NC(=O)Cn2nnc3ccccc3c2=O)C(C)C)cc1. The summed E-state index contributed by atoms with van der Waals surface area (Å²) in [5.74, 6) is 0.395. The first-order valence-electron chi connectivity index (χ1n) is 9.58. The summed E-state index contributed by atoms with van der Waals surface area (Å²) in [5, 5.41) is 11.4. The lowest BCUT2D eigenvalue weighted by atomic mass is 9.93. The Morgan fingerprint density at radius 3 is 2.29 bits per heavy atom. The van der Waals surface area contributed by atoms with Gasteiger partial charge in [-0.15, -0.1) is 5.10 Å². The fourth-order valence-corrected chi connectivity index (χ4v) is 3.21. The molecule has 6 heteroatoms. The van der Waals surface area contributed by atoms with Gasteiger partial charge in [-0.1, -0.05) is 69.3 Å². The standard InChI is InChI=1S/C22H26N4O2/c1-14(2)16-9-11-17(12-10-16)21(15(3)4)23-20(27)13-26-22(28)18-7-5-6-8-19(18)24-25-26/h5-12,14-15,21H,13H2,1-4H3,(H,23,27)/t21-/m0/s1. The van der Waals surface area contributed by atoms with E-state index in [1.807, 2.05) is 0 Å². The van der Waals surface area contributed by atoms with Crippen molar-refractivity contribution in [1.82, 2.24) is 20.3 Å². The fraction of sp³-hybridized carbons (Fsp3) is 0.364. The molecule has 28 heavy (non-hydrogen) atoms. The van der Waals surface area contributed by atoms with E-state index in [0.29, 0.717) is 16.8 Å². The predicted octanol–water partition coefficient (Wildman–Crippen LogP) is 3.43. The molecule has 1 aromatic heterocycles. The number of carbonyl (C=O) groups is 1. The van der Waals surface area contributed by atoms with Gasteiger partial charge < -0.3 is 5.32 Å². The van der Waals surface area contributed by atoms with Gasteiger partial charge in [0.2, 0.25) is 5.91 Å². The molecule has 2 aromatic carbocycles. The summed E-state index contributed by atoms with van der Waals surface area (Å²) in [6.45, 7) is 8.26. The number of nitrogens with one attached hydrogen (secondary N) is 1. The molecule has 0 fully saturated rings. The van der Waals surface area contributed by atoms with Crippen molar-refractivity contribution < 1.29 is 4.79 Å². The summed E-state index contributed by atoms with van der Waals surface area (Å²) >= 11 is 0. The van der Waals surface area contributed by atoms with Crippen LogP contribution < -0.4 is 10.9 Å². The Hall–Kier alpha value is -3.02. The summed E-state index contributed by atoms with van der Waals surface area (Å²) in [6.07, 6.45) is 0. The molecular formula is C22H26N4O2. The number of aromatic nitrogens is 3. The third-order valence-corrected chi connectivity index (χ3v) is 4.87. The van der Waals surface area contributed by atoms with Crippen LogP contribution in [0.15, 0.2) is 53.3 Å². The zero-order chi connectivity index (χ0) is 20.3. The topological polar surface area (TPSA) is 76.9 Å². The Balaban J connectivity index is 1.78. The number of rotatable bonds is 6. The van der Waals surface area contributed by atoms with Gasteiger partial charge in [0.05, 0.1) is 11.4 Å². The Kier molecular flexibility index (Phi) is 5.87. The lowest BCUT2D eigenvalue weighted by molar-refractivity contribution is -0.123. The monoisotopic (exact) mass is 378 g/mol. The van der Waals surface area contributed by atoms with E-state index in [-0.39, 0.29) is 30.0 Å². The van der Waals surface area contributed by atoms with Crippen molar-refractivity contribution in [3.63, 3.8) is 0 Å². The minimum Gasteiger partial charge on any atom is -0.347 e. The van der Waals surface area contributed by atoms with Crippen molar-refractivity contribution in [2.45, 2.75) is 46.2 Å². The highest BCUT2D eigenvalue weighted by molar-refractivity contribution is 5.78. The summed E-state index contributed by atoms with van der Waals surface area (Å²) in [7, 11) is 0. The zero-order valence-corrected chi connectivity index (χ0v) is 16.7. The number of hydrogen-bond acceptors (Lipinski definition) is 4. The molecule has 0 saturated carbocycles. The van der Waals surface area contributed by atoms with Crippen LogP contribution in [0.2, 0.25) is 0 Å². The number of amides is 1. The molecule has 0 aliphatic carbocycles. The van der Waals surface area contributed by atoms with Crippen molar-refractivity contribution >= 4 is 16.8 Å². The van der Waals surface area contributed by atoms with E-state index < -0.39 is 0 Å². The molecule has 0 bridgehead atoms. The van der Waals surface area contributed by atoms with E-state index in [4.69, 9.17) is 0 Å². The molecule has 0 spiro atoms. The maximum absolute atomic E-state index is 12.6. The van der Waals surface area contributed by atoms with Crippen LogP contribution in [0, 0.1) is 5.92 Å². The summed E-state index contributed by atoms with van der Waals surface area (Å²) < 4.78 is 1.11. The quantitative estimate of drug-likeness (QED) is 0.713. The summed E-state index contributed by atoms with van der Waals surface area (Å²) in [6, 6.07) is 15.2. The predicted molar refractivity (Wildman–Crippen MR) is 110 cm³/mol. The molecule has 3 rings (SSSR count). The normalized spacial score (nSPS) is 12.5. The van der Waals surface area contributed by atoms with Gasteiger partial charge in [-0.05, 0) is 35.1 Å². The van der Waals surface area contributed by atoms with Crippen LogP contribution in [0.25, 0.3) is 10.9 Å². The lowest BCUT2D eigenvalue weighted by Gasteiger charge is -2.23. The van der Waals surface area contributed by atoms with Crippen LogP contribution in [0.3, 0.4) is 0 Å². The molecule has 6 nitrogen and oxygen atoms in total. The van der Waals surface area contributed by atoms with Crippen LogP contribution in [0.5, 0.6) is 0 Å². The first-order valence-corrected chi connectivity index (χ1v) is 9.58. The van der Waals surface area contributed by atoms with Gasteiger partial charge in [0.25, 0.3) is 5.56 Å². The Bertz CT molecular complexity index is 1020. The van der Waals surface area contributed by atoms with Crippen LogP contribution in [-0.2, 0) is 11.3 Å². The van der Waals surface area contributed by atoms with E-state index in [1.165, 1.54) is 5.56 Å². The molecule has 0 radical (unpaired) electrons. The van der Waals surface area contributed by atoms with Crippen molar-refractivity contribution in [2.75, 3.05) is 0 Å². The first kappa shape index (κ1) is 19.7. The number of carbonyl (C=O) groups excluding carboxylic acids is 1. The van der Waals surface area contributed by atoms with E-state index in [1.54, 1.807) is 24.3 Å². The molecule has 0 aliphatic heterocycles. The minimum atomic E-state index is -0.317. The highest BCUT2D eigenvalue weighted by Gasteiger charge is 2.19. The molecule has 1 N–H and O–H groups in total. The lowest BCUT2D eigenvalue weighted by Crippen LogP contribution is -2.37. The molecule has 1 amide bonds. The number of fused-ring (bicyclic) bond motifs is 1. The minimum absolute atomic E-state index is 0.141. The van der Waals surface area contributed by atoms with Crippen LogP contribution in [0.4, 0.5) is 0 Å². The molecule has 1 heterocycles. The van der Waals surface area contributed by atoms with Crippen LogP contribution in [0.1, 0.15) is 50.8 Å². The Morgan fingerprint density at radius 2 is 1.64 bits per heavy atom. The third-order valence-electron chi connectivity index (χ3n) is 4.87. The van der Waals surface area contributed by atoms with Gasteiger partial charge in [-0.2, -0.15) is 0 Å².